The molecule has 0 aliphatic carbocycles. The van der Waals surface area contributed by atoms with E-state index in [-0.39, 0.29) is 5.75 Å². The highest BCUT2D eigenvalue weighted by molar-refractivity contribution is 5.44. The van der Waals surface area contributed by atoms with Gasteiger partial charge >= 0.3 is 0 Å². The van der Waals surface area contributed by atoms with Crippen LogP contribution in [0, 0.1) is 12.7 Å². The summed E-state index contributed by atoms with van der Waals surface area (Å²) in [6.45, 7) is 2.49. The summed E-state index contributed by atoms with van der Waals surface area (Å²) in [6, 6.07) is 22.7. The quantitative estimate of drug-likeness (QED) is 0.614. The van der Waals surface area contributed by atoms with Crippen LogP contribution < -0.4 is 9.47 Å². The first-order chi connectivity index (χ1) is 11.7. The molecule has 2 nitrogen and oxygen atoms in total. The zero-order chi connectivity index (χ0) is 16.8. The lowest BCUT2D eigenvalue weighted by atomic mass is 10.2. The molecule has 0 aromatic heterocycles. The van der Waals surface area contributed by atoms with E-state index in [1.165, 1.54) is 6.07 Å². The number of ether oxygens (including phenoxy) is 2. The number of benzene rings is 3. The van der Waals surface area contributed by atoms with Crippen molar-refractivity contribution < 1.29 is 13.9 Å². The largest absolute Gasteiger partial charge is 0.485 e. The Balaban J connectivity index is 1.77. The van der Waals surface area contributed by atoms with E-state index in [0.717, 1.165) is 16.7 Å². The van der Waals surface area contributed by atoms with E-state index >= 15 is 0 Å². The van der Waals surface area contributed by atoms with Crippen molar-refractivity contribution in [1.29, 1.82) is 0 Å². The molecule has 0 heterocycles. The van der Waals surface area contributed by atoms with Gasteiger partial charge in [0.2, 0.25) is 0 Å². The Labute approximate surface area is 141 Å². The molecular formula is C21H19FO2. The van der Waals surface area contributed by atoms with Gasteiger partial charge in [-0.25, -0.2) is 4.39 Å². The predicted octanol–water partition coefficient (Wildman–Crippen LogP) is 5.29. The van der Waals surface area contributed by atoms with Crippen LogP contribution in [0.25, 0.3) is 0 Å². The average Bonchev–Trinajstić information content (AvgIpc) is 2.61. The summed E-state index contributed by atoms with van der Waals surface area (Å²) in [5.74, 6) is 0.168. The minimum Gasteiger partial charge on any atom is -0.485 e. The smallest absolute Gasteiger partial charge is 0.197 e. The van der Waals surface area contributed by atoms with Gasteiger partial charge in [0.25, 0.3) is 0 Å². The van der Waals surface area contributed by atoms with Crippen LogP contribution >= 0.6 is 0 Å². The molecule has 0 bridgehead atoms. The number of hydrogen-bond donors (Lipinski definition) is 0. The van der Waals surface area contributed by atoms with E-state index in [2.05, 4.69) is 0 Å². The van der Waals surface area contributed by atoms with Crippen molar-refractivity contribution in [3.05, 3.63) is 95.3 Å². The Kier molecular flexibility index (Phi) is 5.12. The van der Waals surface area contributed by atoms with E-state index in [1.807, 2.05) is 67.6 Å². The number of aryl methyl sites for hydroxylation is 1. The summed E-state index contributed by atoms with van der Waals surface area (Å²) in [5.41, 5.74) is 2.79. The van der Waals surface area contributed by atoms with Crippen LogP contribution in [-0.2, 0) is 13.2 Å². The molecule has 3 heteroatoms. The molecule has 0 atom stereocenters. The van der Waals surface area contributed by atoms with Crippen molar-refractivity contribution in [2.75, 3.05) is 0 Å². The second kappa shape index (κ2) is 7.64. The van der Waals surface area contributed by atoms with Crippen molar-refractivity contribution >= 4 is 0 Å². The van der Waals surface area contributed by atoms with Gasteiger partial charge in [0, 0.05) is 0 Å². The van der Waals surface area contributed by atoms with Crippen molar-refractivity contribution in [3.63, 3.8) is 0 Å². The third-order valence-electron chi connectivity index (χ3n) is 3.62. The summed E-state index contributed by atoms with van der Waals surface area (Å²) in [4.78, 5) is 0. The highest BCUT2D eigenvalue weighted by Gasteiger charge is 2.13. The molecule has 0 aliphatic heterocycles. The van der Waals surface area contributed by atoms with Gasteiger partial charge in [-0.1, -0.05) is 60.7 Å². The molecule has 122 valence electrons. The number of rotatable bonds is 6. The summed E-state index contributed by atoms with van der Waals surface area (Å²) in [7, 11) is 0. The lowest BCUT2D eigenvalue weighted by molar-refractivity contribution is 0.245. The Bertz CT molecular complexity index is 786. The minimum absolute atomic E-state index is 0.153. The fourth-order valence-electron chi connectivity index (χ4n) is 2.41. The SMILES string of the molecule is Cc1cc(F)c(OCc2ccccc2)c(OCc2ccccc2)c1. The van der Waals surface area contributed by atoms with Gasteiger partial charge in [0.15, 0.2) is 17.3 Å². The monoisotopic (exact) mass is 322 g/mol. The maximum atomic E-state index is 14.3. The maximum Gasteiger partial charge on any atom is 0.197 e. The molecule has 0 radical (unpaired) electrons. The van der Waals surface area contributed by atoms with Crippen molar-refractivity contribution in [1.82, 2.24) is 0 Å². The van der Waals surface area contributed by atoms with Gasteiger partial charge in [-0.15, -0.1) is 0 Å². The molecule has 0 fully saturated rings. The number of hydrogen-bond acceptors (Lipinski definition) is 2. The summed E-state index contributed by atoms with van der Waals surface area (Å²) < 4.78 is 25.8. The molecular weight excluding hydrogens is 303 g/mol. The van der Waals surface area contributed by atoms with E-state index in [4.69, 9.17) is 9.47 Å². The Morgan fingerprint density at radius 1 is 0.750 bits per heavy atom. The Hall–Kier alpha value is -2.81. The van der Waals surface area contributed by atoms with Crippen molar-refractivity contribution in [3.8, 4) is 11.5 Å². The van der Waals surface area contributed by atoms with Gasteiger partial charge in [-0.05, 0) is 35.7 Å². The highest BCUT2D eigenvalue weighted by Crippen LogP contribution is 2.33. The van der Waals surface area contributed by atoms with Crippen LogP contribution in [0.5, 0.6) is 11.5 Å². The first-order valence-corrected chi connectivity index (χ1v) is 7.86. The first kappa shape index (κ1) is 16.1. The van der Waals surface area contributed by atoms with Gasteiger partial charge in [0.1, 0.15) is 13.2 Å². The lowest BCUT2D eigenvalue weighted by Gasteiger charge is -2.14. The minimum atomic E-state index is -0.408. The third-order valence-corrected chi connectivity index (χ3v) is 3.62. The molecule has 0 saturated carbocycles. The second-order valence-corrected chi connectivity index (χ2v) is 5.62. The molecule has 3 rings (SSSR count). The van der Waals surface area contributed by atoms with Gasteiger partial charge in [-0.2, -0.15) is 0 Å². The Morgan fingerprint density at radius 2 is 1.29 bits per heavy atom. The van der Waals surface area contributed by atoms with E-state index in [0.29, 0.717) is 19.0 Å². The van der Waals surface area contributed by atoms with Crippen molar-refractivity contribution in [2.24, 2.45) is 0 Å². The highest BCUT2D eigenvalue weighted by atomic mass is 19.1. The standard InChI is InChI=1S/C21H19FO2/c1-16-12-19(22)21(24-15-18-10-6-3-7-11-18)20(13-16)23-14-17-8-4-2-5-9-17/h2-13H,14-15H2,1H3. The first-order valence-electron chi connectivity index (χ1n) is 7.86. The molecule has 24 heavy (non-hydrogen) atoms. The molecule has 0 saturated heterocycles. The zero-order valence-electron chi connectivity index (χ0n) is 13.5. The van der Waals surface area contributed by atoms with Gasteiger partial charge in [0.05, 0.1) is 0 Å². The van der Waals surface area contributed by atoms with E-state index in [1.54, 1.807) is 6.07 Å². The summed E-state index contributed by atoms with van der Waals surface area (Å²) in [5, 5.41) is 0. The topological polar surface area (TPSA) is 18.5 Å². The van der Waals surface area contributed by atoms with Crippen molar-refractivity contribution in [2.45, 2.75) is 20.1 Å². The van der Waals surface area contributed by atoms with Crippen LogP contribution in [0.3, 0.4) is 0 Å². The van der Waals surface area contributed by atoms with Crippen LogP contribution in [0.1, 0.15) is 16.7 Å². The lowest BCUT2D eigenvalue weighted by Crippen LogP contribution is -2.03. The second-order valence-electron chi connectivity index (χ2n) is 5.62. The fourth-order valence-corrected chi connectivity index (χ4v) is 2.41. The van der Waals surface area contributed by atoms with Crippen LogP contribution in [-0.4, -0.2) is 0 Å². The molecule has 0 amide bonds. The van der Waals surface area contributed by atoms with E-state index < -0.39 is 5.82 Å². The average molecular weight is 322 g/mol. The molecule has 0 unspecified atom stereocenters. The number of halogens is 1. The van der Waals surface area contributed by atoms with Crippen LogP contribution in [0.15, 0.2) is 72.8 Å². The van der Waals surface area contributed by atoms with E-state index in [9.17, 15) is 4.39 Å². The normalized spacial score (nSPS) is 10.4. The summed E-state index contributed by atoms with van der Waals surface area (Å²) in [6.07, 6.45) is 0. The zero-order valence-corrected chi connectivity index (χ0v) is 13.5. The molecule has 0 aliphatic rings. The molecule has 3 aromatic carbocycles. The maximum absolute atomic E-state index is 14.3. The molecule has 0 spiro atoms. The van der Waals surface area contributed by atoms with Crippen LogP contribution in [0.4, 0.5) is 4.39 Å². The van der Waals surface area contributed by atoms with Gasteiger partial charge in [-0.3, -0.25) is 0 Å². The Morgan fingerprint density at radius 3 is 1.88 bits per heavy atom. The summed E-state index contributed by atoms with van der Waals surface area (Å²) >= 11 is 0. The molecule has 0 N–H and O–H groups in total. The molecule has 3 aromatic rings. The fraction of sp³-hybridized carbons (Fsp3) is 0.143. The van der Waals surface area contributed by atoms with Gasteiger partial charge < -0.3 is 9.47 Å². The van der Waals surface area contributed by atoms with Crippen LogP contribution in [0.2, 0.25) is 0 Å². The predicted molar refractivity (Wildman–Crippen MR) is 92.7 cm³/mol. The third kappa shape index (κ3) is 4.13.